The summed E-state index contributed by atoms with van der Waals surface area (Å²) >= 11 is 0. The molecule has 0 fully saturated rings. The Bertz CT molecular complexity index is 889. The molecule has 2 aromatic heterocycles. The number of hydrogen-bond donors (Lipinski definition) is 1. The van der Waals surface area contributed by atoms with Crippen molar-refractivity contribution in [3.05, 3.63) is 65.9 Å². The lowest BCUT2D eigenvalue weighted by Crippen LogP contribution is -2.09. The highest BCUT2D eigenvalue weighted by molar-refractivity contribution is 5.56. The SMILES string of the molecule is CCCc1cc(-n2cccc2)nc(Nc2ccc(F)c(C(F)(F)F)c2)n1. The van der Waals surface area contributed by atoms with Crippen LogP contribution in [0.3, 0.4) is 0 Å². The first-order valence-corrected chi connectivity index (χ1v) is 8.02. The number of aryl methyl sites for hydroxylation is 1. The number of rotatable bonds is 5. The monoisotopic (exact) mass is 364 g/mol. The van der Waals surface area contributed by atoms with Crippen LogP contribution >= 0.6 is 0 Å². The molecule has 0 spiro atoms. The zero-order valence-electron chi connectivity index (χ0n) is 13.9. The normalized spacial score (nSPS) is 11.6. The number of anilines is 2. The Morgan fingerprint density at radius 2 is 1.81 bits per heavy atom. The quantitative estimate of drug-likeness (QED) is 0.639. The lowest BCUT2D eigenvalue weighted by Gasteiger charge is -2.13. The van der Waals surface area contributed by atoms with E-state index in [1.165, 1.54) is 6.07 Å². The summed E-state index contributed by atoms with van der Waals surface area (Å²) in [6, 6.07) is 8.19. The summed E-state index contributed by atoms with van der Waals surface area (Å²) in [4.78, 5) is 8.67. The highest BCUT2D eigenvalue weighted by Gasteiger charge is 2.34. The first kappa shape index (κ1) is 17.9. The van der Waals surface area contributed by atoms with Crippen LogP contribution in [0.15, 0.2) is 48.8 Å². The minimum atomic E-state index is -4.77. The van der Waals surface area contributed by atoms with Crippen LogP contribution in [0.2, 0.25) is 0 Å². The van der Waals surface area contributed by atoms with Gasteiger partial charge in [-0.25, -0.2) is 9.37 Å². The number of nitrogens with one attached hydrogen (secondary N) is 1. The van der Waals surface area contributed by atoms with Gasteiger partial charge in [0.25, 0.3) is 0 Å². The average molecular weight is 364 g/mol. The van der Waals surface area contributed by atoms with Crippen molar-refractivity contribution in [2.75, 3.05) is 5.32 Å². The molecule has 0 bridgehead atoms. The average Bonchev–Trinajstić information content (AvgIpc) is 3.10. The lowest BCUT2D eigenvalue weighted by molar-refractivity contribution is -0.139. The molecule has 0 aliphatic rings. The summed E-state index contributed by atoms with van der Waals surface area (Å²) in [5, 5.41) is 2.74. The number of alkyl halides is 3. The number of halogens is 4. The number of hydrogen-bond acceptors (Lipinski definition) is 3. The summed E-state index contributed by atoms with van der Waals surface area (Å²) < 4.78 is 53.9. The summed E-state index contributed by atoms with van der Waals surface area (Å²) in [5.41, 5.74) is -0.518. The highest BCUT2D eigenvalue weighted by atomic mass is 19.4. The third-order valence-corrected chi connectivity index (χ3v) is 3.67. The summed E-state index contributed by atoms with van der Waals surface area (Å²) in [7, 11) is 0. The summed E-state index contributed by atoms with van der Waals surface area (Å²) in [6.45, 7) is 2.00. The maximum absolute atomic E-state index is 13.4. The Morgan fingerprint density at radius 3 is 2.46 bits per heavy atom. The van der Waals surface area contributed by atoms with E-state index in [9.17, 15) is 17.6 Å². The third kappa shape index (κ3) is 4.01. The van der Waals surface area contributed by atoms with Gasteiger partial charge in [-0.3, -0.25) is 0 Å². The van der Waals surface area contributed by atoms with Gasteiger partial charge in [-0.15, -0.1) is 0 Å². The zero-order chi connectivity index (χ0) is 18.7. The van der Waals surface area contributed by atoms with Gasteiger partial charge in [-0.1, -0.05) is 13.3 Å². The van der Waals surface area contributed by atoms with Gasteiger partial charge in [0.15, 0.2) is 0 Å². The topological polar surface area (TPSA) is 42.7 Å². The molecule has 0 amide bonds. The summed E-state index contributed by atoms with van der Waals surface area (Å²) in [5.74, 6) is -0.578. The van der Waals surface area contributed by atoms with Crippen LogP contribution in [0.1, 0.15) is 24.6 Å². The second-order valence-corrected chi connectivity index (χ2v) is 5.70. The van der Waals surface area contributed by atoms with Crippen LogP contribution < -0.4 is 5.32 Å². The van der Waals surface area contributed by atoms with Crippen molar-refractivity contribution in [2.45, 2.75) is 25.9 Å². The van der Waals surface area contributed by atoms with Gasteiger partial charge in [-0.05, 0) is 36.8 Å². The number of nitrogens with zero attached hydrogens (tertiary/aromatic N) is 3. The summed E-state index contributed by atoms with van der Waals surface area (Å²) in [6.07, 6.45) is 0.394. The van der Waals surface area contributed by atoms with Crippen LogP contribution in [-0.2, 0) is 12.6 Å². The molecule has 8 heteroatoms. The molecule has 0 atom stereocenters. The first-order chi connectivity index (χ1) is 12.4. The first-order valence-electron chi connectivity index (χ1n) is 8.02. The minimum absolute atomic E-state index is 0.0610. The van der Waals surface area contributed by atoms with E-state index in [-0.39, 0.29) is 11.6 Å². The van der Waals surface area contributed by atoms with Crippen molar-refractivity contribution in [3.63, 3.8) is 0 Å². The van der Waals surface area contributed by atoms with Crippen LogP contribution in [0.25, 0.3) is 5.82 Å². The van der Waals surface area contributed by atoms with E-state index in [4.69, 9.17) is 0 Å². The predicted molar refractivity (Wildman–Crippen MR) is 90.0 cm³/mol. The predicted octanol–water partition coefficient (Wildman–Crippen LogP) is 5.12. The Kier molecular flexibility index (Phi) is 4.92. The van der Waals surface area contributed by atoms with E-state index in [1.54, 1.807) is 4.57 Å². The van der Waals surface area contributed by atoms with Crippen LogP contribution in [-0.4, -0.2) is 14.5 Å². The van der Waals surface area contributed by atoms with Crippen molar-refractivity contribution in [3.8, 4) is 5.82 Å². The molecule has 1 N–H and O–H groups in total. The molecule has 0 saturated heterocycles. The second kappa shape index (κ2) is 7.15. The fourth-order valence-electron chi connectivity index (χ4n) is 2.49. The van der Waals surface area contributed by atoms with Crippen LogP contribution in [0.5, 0.6) is 0 Å². The Labute approximate surface area is 147 Å². The van der Waals surface area contributed by atoms with Crippen LogP contribution in [0.4, 0.5) is 29.2 Å². The van der Waals surface area contributed by atoms with Gasteiger partial charge >= 0.3 is 6.18 Å². The maximum atomic E-state index is 13.4. The van der Waals surface area contributed by atoms with Gasteiger partial charge < -0.3 is 9.88 Å². The highest BCUT2D eigenvalue weighted by Crippen LogP contribution is 2.33. The fraction of sp³-hybridized carbons (Fsp3) is 0.222. The third-order valence-electron chi connectivity index (χ3n) is 3.67. The van der Waals surface area contributed by atoms with Crippen molar-refractivity contribution in [1.82, 2.24) is 14.5 Å². The molecule has 0 saturated carbocycles. The molecule has 0 aliphatic heterocycles. The van der Waals surface area contributed by atoms with Gasteiger partial charge in [0, 0.05) is 29.8 Å². The van der Waals surface area contributed by atoms with Gasteiger partial charge in [0.2, 0.25) is 5.95 Å². The molecule has 3 rings (SSSR count). The Morgan fingerprint density at radius 1 is 1.08 bits per heavy atom. The molecular formula is C18H16F4N4. The minimum Gasteiger partial charge on any atom is -0.324 e. The fourth-order valence-corrected chi connectivity index (χ4v) is 2.49. The number of aromatic nitrogens is 3. The maximum Gasteiger partial charge on any atom is 0.419 e. The van der Waals surface area contributed by atoms with E-state index < -0.39 is 17.6 Å². The molecule has 0 aliphatic carbocycles. The molecule has 3 aromatic rings. The van der Waals surface area contributed by atoms with E-state index in [0.29, 0.717) is 18.3 Å². The lowest BCUT2D eigenvalue weighted by atomic mass is 10.2. The second-order valence-electron chi connectivity index (χ2n) is 5.70. The van der Waals surface area contributed by atoms with Crippen molar-refractivity contribution in [1.29, 1.82) is 0 Å². The molecular weight excluding hydrogens is 348 g/mol. The Hall–Kier alpha value is -2.90. The molecule has 26 heavy (non-hydrogen) atoms. The molecule has 1 aromatic carbocycles. The molecule has 0 radical (unpaired) electrons. The standard InChI is InChI=1S/C18H16F4N4/c1-2-5-12-11-16(26-8-3-4-9-26)25-17(23-12)24-13-6-7-15(19)14(10-13)18(20,21)22/h3-4,6-11H,2,5H2,1H3,(H,23,24,25). The smallest absolute Gasteiger partial charge is 0.324 e. The Balaban J connectivity index is 1.97. The molecule has 136 valence electrons. The molecule has 2 heterocycles. The van der Waals surface area contributed by atoms with Crippen molar-refractivity contribution in [2.24, 2.45) is 0 Å². The van der Waals surface area contributed by atoms with E-state index in [1.807, 2.05) is 37.5 Å². The van der Waals surface area contributed by atoms with Crippen LogP contribution in [0, 0.1) is 5.82 Å². The van der Waals surface area contributed by atoms with E-state index in [2.05, 4.69) is 15.3 Å². The van der Waals surface area contributed by atoms with Gasteiger partial charge in [0.05, 0.1) is 5.56 Å². The van der Waals surface area contributed by atoms with Gasteiger partial charge in [0.1, 0.15) is 11.6 Å². The molecule has 0 unspecified atom stereocenters. The van der Waals surface area contributed by atoms with Gasteiger partial charge in [-0.2, -0.15) is 18.2 Å². The van der Waals surface area contributed by atoms with Crippen molar-refractivity contribution >= 4 is 11.6 Å². The zero-order valence-corrected chi connectivity index (χ0v) is 13.9. The number of benzene rings is 1. The largest absolute Gasteiger partial charge is 0.419 e. The van der Waals surface area contributed by atoms with E-state index in [0.717, 1.165) is 18.2 Å². The molecule has 4 nitrogen and oxygen atoms in total. The van der Waals surface area contributed by atoms with Crippen molar-refractivity contribution < 1.29 is 17.6 Å². The van der Waals surface area contributed by atoms with E-state index >= 15 is 0 Å².